The molecule has 0 radical (unpaired) electrons. The summed E-state index contributed by atoms with van der Waals surface area (Å²) in [6.07, 6.45) is 4.17. The fraction of sp³-hybridized carbons (Fsp3) is 0.353. The van der Waals surface area contributed by atoms with Crippen molar-refractivity contribution in [2.24, 2.45) is 0 Å². The van der Waals surface area contributed by atoms with Gasteiger partial charge >= 0.3 is 6.09 Å². The number of alkyl carbamates (subject to hydrolysis) is 1. The van der Waals surface area contributed by atoms with Crippen LogP contribution in [0.5, 0.6) is 5.88 Å². The maximum Gasteiger partial charge on any atom is 0.407 e. The molecule has 0 spiro atoms. The largest absolute Gasteiger partial charge is 0.493 e. The Balaban J connectivity index is 1.52. The quantitative estimate of drug-likeness (QED) is 0.681. The molecular formula is C17H18N6O4S. The molecule has 0 atom stereocenters. The van der Waals surface area contributed by atoms with E-state index in [1.807, 2.05) is 11.6 Å². The number of hydrogen-bond donors (Lipinski definition) is 2. The van der Waals surface area contributed by atoms with Crippen molar-refractivity contribution in [1.82, 2.24) is 29.8 Å². The minimum absolute atomic E-state index is 0.0367. The molecule has 1 fully saturated rings. The summed E-state index contributed by atoms with van der Waals surface area (Å²) >= 11 is 1.47. The van der Waals surface area contributed by atoms with Crippen LogP contribution >= 0.6 is 11.3 Å². The van der Waals surface area contributed by atoms with Crippen LogP contribution in [0, 0.1) is 0 Å². The molecule has 4 rings (SSSR count). The molecule has 3 aromatic rings. The van der Waals surface area contributed by atoms with Gasteiger partial charge in [-0.05, 0) is 12.8 Å². The minimum Gasteiger partial charge on any atom is -0.493 e. The second-order valence-corrected chi connectivity index (χ2v) is 7.24. The van der Waals surface area contributed by atoms with E-state index in [2.05, 4.69) is 25.1 Å². The Morgan fingerprint density at radius 1 is 1.32 bits per heavy atom. The first-order valence-electron chi connectivity index (χ1n) is 8.68. The number of carbonyl (C=O) groups excluding carboxylic acids is 2. The minimum atomic E-state index is -0.476. The zero-order valence-electron chi connectivity index (χ0n) is 15.0. The number of carbonyl (C=O) groups is 2. The lowest BCUT2D eigenvalue weighted by atomic mass is 10.0. The molecule has 0 aliphatic carbocycles. The highest BCUT2D eigenvalue weighted by molar-refractivity contribution is 7.16. The second kappa shape index (κ2) is 7.43. The number of ether oxygens (including phenoxy) is 1. The van der Waals surface area contributed by atoms with Crippen LogP contribution in [0.3, 0.4) is 0 Å². The lowest BCUT2D eigenvalue weighted by molar-refractivity contribution is 0.0697. The third kappa shape index (κ3) is 3.48. The van der Waals surface area contributed by atoms with Gasteiger partial charge in [-0.1, -0.05) is 0 Å². The SMILES string of the molecule is COC(=O)NC1CCN(C(=O)c2cc(O)nc(-c3cnn4ccsc34)n2)CC1. The van der Waals surface area contributed by atoms with Gasteiger partial charge in [0.25, 0.3) is 5.91 Å². The van der Waals surface area contributed by atoms with Crippen LogP contribution in [-0.4, -0.2) is 67.8 Å². The van der Waals surface area contributed by atoms with Crippen LogP contribution < -0.4 is 5.32 Å². The van der Waals surface area contributed by atoms with Crippen LogP contribution in [0.2, 0.25) is 0 Å². The standard InChI is InChI=1S/C17H18N6O4S/c1-27-17(26)19-10-2-4-22(5-3-10)15(25)12-8-13(24)21-14(20-12)11-9-18-23-6-7-28-16(11)23/h6-10H,2-5H2,1H3,(H,19,26)(H,20,21,24). The average Bonchev–Trinajstić information content (AvgIpc) is 3.31. The molecule has 28 heavy (non-hydrogen) atoms. The first-order valence-corrected chi connectivity index (χ1v) is 9.56. The number of thiazole rings is 1. The second-order valence-electron chi connectivity index (χ2n) is 6.35. The molecule has 1 aliphatic rings. The Hall–Kier alpha value is -3.21. The predicted molar refractivity (Wildman–Crippen MR) is 100 cm³/mol. The van der Waals surface area contributed by atoms with Crippen LogP contribution in [0.15, 0.2) is 23.8 Å². The van der Waals surface area contributed by atoms with E-state index in [1.165, 1.54) is 24.5 Å². The maximum absolute atomic E-state index is 12.9. The van der Waals surface area contributed by atoms with Gasteiger partial charge in [0.15, 0.2) is 5.82 Å². The van der Waals surface area contributed by atoms with E-state index in [4.69, 9.17) is 0 Å². The number of amides is 2. The van der Waals surface area contributed by atoms with Gasteiger partial charge in [-0.25, -0.2) is 14.3 Å². The van der Waals surface area contributed by atoms with Crippen molar-refractivity contribution in [2.45, 2.75) is 18.9 Å². The number of hydrogen-bond acceptors (Lipinski definition) is 8. The van der Waals surface area contributed by atoms with E-state index in [-0.39, 0.29) is 29.3 Å². The van der Waals surface area contributed by atoms with Crippen molar-refractivity contribution in [2.75, 3.05) is 20.2 Å². The van der Waals surface area contributed by atoms with Crippen LogP contribution in [-0.2, 0) is 4.74 Å². The Morgan fingerprint density at radius 3 is 2.86 bits per heavy atom. The van der Waals surface area contributed by atoms with E-state index >= 15 is 0 Å². The molecule has 0 saturated carbocycles. The molecule has 2 N–H and O–H groups in total. The highest BCUT2D eigenvalue weighted by Gasteiger charge is 2.26. The molecule has 1 saturated heterocycles. The number of methoxy groups -OCH3 is 1. The van der Waals surface area contributed by atoms with Crippen LogP contribution in [0.1, 0.15) is 23.3 Å². The number of nitrogens with one attached hydrogen (secondary N) is 1. The summed E-state index contributed by atoms with van der Waals surface area (Å²) in [4.78, 5) is 35.1. The van der Waals surface area contributed by atoms with Crippen molar-refractivity contribution in [3.63, 3.8) is 0 Å². The van der Waals surface area contributed by atoms with E-state index in [0.29, 0.717) is 31.5 Å². The zero-order chi connectivity index (χ0) is 19.7. The van der Waals surface area contributed by atoms with Gasteiger partial charge in [0.05, 0.1) is 18.9 Å². The van der Waals surface area contributed by atoms with Crippen molar-refractivity contribution < 1.29 is 19.4 Å². The van der Waals surface area contributed by atoms with Gasteiger partial charge in [-0.2, -0.15) is 10.1 Å². The lowest BCUT2D eigenvalue weighted by Gasteiger charge is -2.31. The van der Waals surface area contributed by atoms with Crippen molar-refractivity contribution in [3.05, 3.63) is 29.5 Å². The number of nitrogens with zero attached hydrogens (tertiary/aromatic N) is 5. The fourth-order valence-electron chi connectivity index (χ4n) is 3.16. The summed E-state index contributed by atoms with van der Waals surface area (Å²) in [7, 11) is 1.32. The molecule has 0 unspecified atom stereocenters. The van der Waals surface area contributed by atoms with E-state index in [0.717, 1.165) is 4.83 Å². The summed E-state index contributed by atoms with van der Waals surface area (Å²) < 4.78 is 6.29. The number of aromatic nitrogens is 4. The van der Waals surface area contributed by atoms with E-state index in [9.17, 15) is 14.7 Å². The van der Waals surface area contributed by atoms with Crippen molar-refractivity contribution >= 4 is 28.2 Å². The summed E-state index contributed by atoms with van der Waals surface area (Å²) in [6, 6.07) is 1.23. The Morgan fingerprint density at radius 2 is 2.11 bits per heavy atom. The Kier molecular flexibility index (Phi) is 4.82. The fourth-order valence-corrected chi connectivity index (χ4v) is 3.95. The van der Waals surface area contributed by atoms with Crippen molar-refractivity contribution in [1.29, 1.82) is 0 Å². The number of rotatable bonds is 3. The molecule has 2 amide bonds. The molecule has 0 aromatic carbocycles. The topological polar surface area (TPSA) is 122 Å². The molecule has 0 bridgehead atoms. The molecule has 11 heteroatoms. The summed E-state index contributed by atoms with van der Waals surface area (Å²) in [5, 5.41) is 18.9. The van der Waals surface area contributed by atoms with Gasteiger partial charge < -0.3 is 20.1 Å². The number of likely N-dealkylation sites (tertiary alicyclic amines) is 1. The van der Waals surface area contributed by atoms with Crippen molar-refractivity contribution in [3.8, 4) is 17.3 Å². The number of aromatic hydroxyl groups is 1. The Labute approximate surface area is 163 Å². The molecule has 146 valence electrons. The van der Waals surface area contributed by atoms with Gasteiger partial charge in [-0.3, -0.25) is 4.79 Å². The molecule has 4 heterocycles. The predicted octanol–water partition coefficient (Wildman–Crippen LogP) is 1.52. The maximum atomic E-state index is 12.9. The van der Waals surface area contributed by atoms with E-state index < -0.39 is 6.09 Å². The monoisotopic (exact) mass is 402 g/mol. The lowest BCUT2D eigenvalue weighted by Crippen LogP contribution is -2.46. The molecular weight excluding hydrogens is 384 g/mol. The third-order valence-corrected chi connectivity index (χ3v) is 5.48. The summed E-state index contributed by atoms with van der Waals surface area (Å²) in [5.74, 6) is -0.306. The molecule has 3 aromatic heterocycles. The van der Waals surface area contributed by atoms with Crippen LogP contribution in [0.4, 0.5) is 4.79 Å². The third-order valence-electron chi connectivity index (χ3n) is 4.59. The van der Waals surface area contributed by atoms with Gasteiger partial charge in [-0.15, -0.1) is 11.3 Å². The average molecular weight is 402 g/mol. The van der Waals surface area contributed by atoms with E-state index in [1.54, 1.807) is 15.6 Å². The van der Waals surface area contributed by atoms with Crippen LogP contribution in [0.25, 0.3) is 16.2 Å². The summed E-state index contributed by atoms with van der Waals surface area (Å²) in [6.45, 7) is 0.938. The number of piperidine rings is 1. The Bertz CT molecular complexity index is 1020. The van der Waals surface area contributed by atoms with Gasteiger partial charge in [0, 0.05) is 36.8 Å². The van der Waals surface area contributed by atoms with Gasteiger partial charge in [0.1, 0.15) is 10.5 Å². The molecule has 10 nitrogen and oxygen atoms in total. The normalized spacial score (nSPS) is 15.0. The first-order chi connectivity index (χ1) is 13.5. The first kappa shape index (κ1) is 18.2. The zero-order valence-corrected chi connectivity index (χ0v) is 15.8. The number of fused-ring (bicyclic) bond motifs is 1. The molecule has 1 aliphatic heterocycles. The highest BCUT2D eigenvalue weighted by atomic mass is 32.1. The smallest absolute Gasteiger partial charge is 0.407 e. The highest BCUT2D eigenvalue weighted by Crippen LogP contribution is 2.27. The summed E-state index contributed by atoms with van der Waals surface area (Å²) in [5.41, 5.74) is 0.777. The van der Waals surface area contributed by atoms with Gasteiger partial charge in [0.2, 0.25) is 5.88 Å².